The van der Waals surface area contributed by atoms with Gasteiger partial charge >= 0.3 is 0 Å². The second kappa shape index (κ2) is 5.19. The SMILES string of the molecule is CN1CCNC(C2=Nc3ccccc3Nc3nn(C)nc32)C1. The third-order valence-electron chi connectivity index (χ3n) is 4.06. The molecular formula is C15H19N7. The lowest BCUT2D eigenvalue weighted by atomic mass is 10.1. The van der Waals surface area contributed by atoms with E-state index in [2.05, 4.69) is 32.8 Å². The zero-order valence-corrected chi connectivity index (χ0v) is 12.7. The Morgan fingerprint density at radius 1 is 1.18 bits per heavy atom. The Labute approximate surface area is 129 Å². The molecular weight excluding hydrogens is 278 g/mol. The molecule has 1 atom stereocenters. The van der Waals surface area contributed by atoms with Crippen molar-refractivity contribution < 1.29 is 0 Å². The van der Waals surface area contributed by atoms with E-state index in [0.29, 0.717) is 0 Å². The number of nitrogens with zero attached hydrogens (tertiary/aromatic N) is 5. The number of rotatable bonds is 1. The van der Waals surface area contributed by atoms with Crippen LogP contribution in [0.4, 0.5) is 17.2 Å². The third-order valence-corrected chi connectivity index (χ3v) is 4.06. The maximum absolute atomic E-state index is 4.90. The Hall–Kier alpha value is -2.25. The summed E-state index contributed by atoms with van der Waals surface area (Å²) < 4.78 is 0. The van der Waals surface area contributed by atoms with Gasteiger partial charge in [0.05, 0.1) is 23.1 Å². The molecule has 1 aromatic carbocycles. The lowest BCUT2D eigenvalue weighted by Gasteiger charge is -2.31. The van der Waals surface area contributed by atoms with Crippen molar-refractivity contribution in [3.05, 3.63) is 30.0 Å². The van der Waals surface area contributed by atoms with Gasteiger partial charge in [-0.2, -0.15) is 4.80 Å². The van der Waals surface area contributed by atoms with Gasteiger partial charge in [-0.25, -0.2) is 4.99 Å². The number of anilines is 2. The summed E-state index contributed by atoms with van der Waals surface area (Å²) in [6, 6.07) is 8.18. The zero-order chi connectivity index (χ0) is 15.1. The van der Waals surface area contributed by atoms with E-state index in [-0.39, 0.29) is 6.04 Å². The molecule has 2 aromatic rings. The molecule has 4 rings (SSSR count). The van der Waals surface area contributed by atoms with E-state index in [0.717, 1.165) is 48.2 Å². The van der Waals surface area contributed by atoms with Gasteiger partial charge in [0.2, 0.25) is 0 Å². The lowest BCUT2D eigenvalue weighted by Crippen LogP contribution is -2.53. The van der Waals surface area contributed by atoms with Crippen LogP contribution >= 0.6 is 0 Å². The summed E-state index contributed by atoms with van der Waals surface area (Å²) >= 11 is 0. The summed E-state index contributed by atoms with van der Waals surface area (Å²) in [5.41, 5.74) is 3.66. The van der Waals surface area contributed by atoms with Gasteiger partial charge in [0.25, 0.3) is 0 Å². The number of nitrogens with one attached hydrogen (secondary N) is 2. The topological polar surface area (TPSA) is 70.4 Å². The van der Waals surface area contributed by atoms with Gasteiger partial charge < -0.3 is 15.5 Å². The number of piperazine rings is 1. The Bertz CT molecular complexity index is 733. The van der Waals surface area contributed by atoms with E-state index in [4.69, 9.17) is 4.99 Å². The maximum atomic E-state index is 4.90. The fraction of sp³-hybridized carbons (Fsp3) is 0.400. The largest absolute Gasteiger partial charge is 0.335 e. The highest BCUT2D eigenvalue weighted by Crippen LogP contribution is 2.33. The molecule has 0 amide bonds. The Morgan fingerprint density at radius 2 is 2.05 bits per heavy atom. The number of likely N-dealkylation sites (N-methyl/N-ethyl adjacent to an activating group) is 1. The quantitative estimate of drug-likeness (QED) is 0.818. The highest BCUT2D eigenvalue weighted by molar-refractivity contribution is 6.10. The number of aryl methyl sites for hydroxylation is 1. The molecule has 7 heteroatoms. The number of para-hydroxylation sites is 2. The highest BCUT2D eigenvalue weighted by atomic mass is 15.5. The summed E-state index contributed by atoms with van der Waals surface area (Å²) in [6.45, 7) is 2.91. The summed E-state index contributed by atoms with van der Waals surface area (Å²) in [5, 5.41) is 15.9. The van der Waals surface area contributed by atoms with E-state index in [1.807, 2.05) is 31.3 Å². The normalized spacial score (nSPS) is 21.4. The van der Waals surface area contributed by atoms with Crippen molar-refractivity contribution in [2.24, 2.45) is 12.0 Å². The molecule has 1 aromatic heterocycles. The number of benzene rings is 1. The van der Waals surface area contributed by atoms with E-state index < -0.39 is 0 Å². The minimum atomic E-state index is 0.155. The van der Waals surface area contributed by atoms with Crippen LogP contribution in [0.15, 0.2) is 29.3 Å². The van der Waals surface area contributed by atoms with Crippen LogP contribution in [-0.2, 0) is 7.05 Å². The Kier molecular flexibility index (Phi) is 3.16. The van der Waals surface area contributed by atoms with E-state index in [1.54, 1.807) is 4.80 Å². The average molecular weight is 297 g/mol. The zero-order valence-electron chi connectivity index (χ0n) is 12.7. The van der Waals surface area contributed by atoms with Gasteiger partial charge in [0, 0.05) is 26.7 Å². The molecule has 0 aliphatic carbocycles. The van der Waals surface area contributed by atoms with E-state index in [9.17, 15) is 0 Å². The Balaban J connectivity index is 1.84. The van der Waals surface area contributed by atoms with Gasteiger partial charge in [-0.15, -0.1) is 10.2 Å². The maximum Gasteiger partial charge on any atom is 0.182 e. The standard InChI is InChI=1S/C15H19N7/c1-21-8-7-16-12(9-21)13-14-15(20-22(2)19-14)18-11-6-4-3-5-10(11)17-13/h3-6,12,16H,7-9H2,1-2H3,(H,18,20). The second-order valence-corrected chi connectivity index (χ2v) is 5.79. The molecule has 2 aliphatic rings. The van der Waals surface area contributed by atoms with Crippen LogP contribution in [0.2, 0.25) is 0 Å². The van der Waals surface area contributed by atoms with Crippen LogP contribution in [0.5, 0.6) is 0 Å². The molecule has 1 saturated heterocycles. The first-order chi connectivity index (χ1) is 10.7. The van der Waals surface area contributed by atoms with Gasteiger partial charge in [-0.1, -0.05) is 12.1 Å². The van der Waals surface area contributed by atoms with Crippen LogP contribution in [0.1, 0.15) is 5.69 Å². The summed E-state index contributed by atoms with van der Waals surface area (Å²) in [5.74, 6) is 0.765. The first-order valence-corrected chi connectivity index (χ1v) is 7.49. The van der Waals surface area contributed by atoms with Crippen LogP contribution in [0.3, 0.4) is 0 Å². The molecule has 0 radical (unpaired) electrons. The fourth-order valence-corrected chi connectivity index (χ4v) is 2.97. The van der Waals surface area contributed by atoms with Gasteiger partial charge in [0.15, 0.2) is 11.5 Å². The van der Waals surface area contributed by atoms with Crippen molar-refractivity contribution in [1.82, 2.24) is 25.2 Å². The van der Waals surface area contributed by atoms with Crippen LogP contribution in [0, 0.1) is 0 Å². The average Bonchev–Trinajstić information content (AvgIpc) is 2.79. The molecule has 1 unspecified atom stereocenters. The fourth-order valence-electron chi connectivity index (χ4n) is 2.97. The monoisotopic (exact) mass is 297 g/mol. The van der Waals surface area contributed by atoms with Crippen molar-refractivity contribution >= 4 is 22.9 Å². The molecule has 1 fully saturated rings. The number of aliphatic imine (C=N–C) groups is 1. The lowest BCUT2D eigenvalue weighted by molar-refractivity contribution is 0.269. The minimum absolute atomic E-state index is 0.155. The van der Waals surface area contributed by atoms with Gasteiger partial charge in [-0.3, -0.25) is 0 Å². The molecule has 3 heterocycles. The molecule has 0 bridgehead atoms. The predicted molar refractivity (Wildman–Crippen MR) is 86.2 cm³/mol. The molecule has 0 saturated carbocycles. The minimum Gasteiger partial charge on any atom is -0.335 e. The predicted octanol–water partition coefficient (Wildman–Crippen LogP) is 0.896. The second-order valence-electron chi connectivity index (χ2n) is 5.79. The van der Waals surface area contributed by atoms with Crippen LogP contribution in [0.25, 0.3) is 0 Å². The summed E-state index contributed by atoms with van der Waals surface area (Å²) in [6.07, 6.45) is 0. The number of aromatic nitrogens is 3. The van der Waals surface area contributed by atoms with E-state index >= 15 is 0 Å². The van der Waals surface area contributed by atoms with Crippen molar-refractivity contribution in [2.75, 3.05) is 32.0 Å². The Morgan fingerprint density at radius 3 is 2.91 bits per heavy atom. The van der Waals surface area contributed by atoms with E-state index in [1.165, 1.54) is 0 Å². The molecule has 114 valence electrons. The molecule has 0 spiro atoms. The van der Waals surface area contributed by atoms with Gasteiger partial charge in [-0.05, 0) is 19.2 Å². The van der Waals surface area contributed by atoms with Crippen molar-refractivity contribution in [2.45, 2.75) is 6.04 Å². The molecule has 2 N–H and O–H groups in total. The van der Waals surface area contributed by atoms with Crippen molar-refractivity contribution in [3.8, 4) is 0 Å². The highest BCUT2D eigenvalue weighted by Gasteiger charge is 2.29. The summed E-state index contributed by atoms with van der Waals surface area (Å²) in [4.78, 5) is 8.80. The number of hydrogen-bond acceptors (Lipinski definition) is 6. The van der Waals surface area contributed by atoms with Crippen LogP contribution < -0.4 is 10.6 Å². The number of hydrogen-bond donors (Lipinski definition) is 2. The van der Waals surface area contributed by atoms with Crippen molar-refractivity contribution in [1.29, 1.82) is 0 Å². The molecule has 2 aliphatic heterocycles. The van der Waals surface area contributed by atoms with Gasteiger partial charge in [0.1, 0.15) is 0 Å². The molecule has 22 heavy (non-hydrogen) atoms. The molecule has 7 nitrogen and oxygen atoms in total. The first kappa shape index (κ1) is 13.4. The van der Waals surface area contributed by atoms with Crippen molar-refractivity contribution in [3.63, 3.8) is 0 Å². The smallest absolute Gasteiger partial charge is 0.182 e. The summed E-state index contributed by atoms with van der Waals surface area (Å²) in [7, 11) is 3.97. The van der Waals surface area contributed by atoms with Crippen LogP contribution in [-0.4, -0.2) is 58.3 Å². The third kappa shape index (κ3) is 2.28. The number of fused-ring (bicyclic) bond motifs is 2. The first-order valence-electron chi connectivity index (χ1n) is 7.49.